The normalized spacial score (nSPS) is 19.4. The Hall–Kier alpha value is -3.47. The van der Waals surface area contributed by atoms with E-state index in [1.54, 1.807) is 6.07 Å². The fraction of sp³-hybridized carbons (Fsp3) is 0.414. The predicted octanol–water partition coefficient (Wildman–Crippen LogP) is 6.65. The van der Waals surface area contributed by atoms with Crippen molar-refractivity contribution in [2.45, 2.75) is 69.4 Å². The lowest BCUT2D eigenvalue weighted by atomic mass is 9.96. The largest absolute Gasteiger partial charge is 0.418 e. The topological polar surface area (TPSA) is 92.3 Å². The lowest BCUT2D eigenvalue weighted by molar-refractivity contribution is -0.137. The highest BCUT2D eigenvalue weighted by Gasteiger charge is 2.35. The Balaban J connectivity index is 1.85. The number of halogens is 3. The molecule has 1 aliphatic rings. The van der Waals surface area contributed by atoms with Crippen molar-refractivity contribution in [2.24, 2.45) is 0 Å². The number of ketones is 1. The number of Topliss-reactive ketones (excluding diaryl/α,β-unsaturated/α-hetero) is 1. The van der Waals surface area contributed by atoms with Crippen LogP contribution in [-0.2, 0) is 27.4 Å². The van der Waals surface area contributed by atoms with E-state index in [4.69, 9.17) is 5.48 Å². The summed E-state index contributed by atoms with van der Waals surface area (Å²) in [6.07, 6.45) is -5.63. The summed E-state index contributed by atoms with van der Waals surface area (Å²) < 4.78 is 106. The number of aryl methyl sites for hydroxylation is 1. The van der Waals surface area contributed by atoms with Crippen LogP contribution >= 0.6 is 0 Å². The molecule has 4 rings (SSSR count). The highest BCUT2D eigenvalue weighted by Crippen LogP contribution is 2.38. The van der Waals surface area contributed by atoms with Crippen LogP contribution in [0.1, 0.15) is 68.4 Å². The van der Waals surface area contributed by atoms with E-state index in [-0.39, 0.29) is 55.0 Å². The van der Waals surface area contributed by atoms with Crippen molar-refractivity contribution >= 4 is 27.4 Å². The van der Waals surface area contributed by atoms with Gasteiger partial charge in [-0.2, -0.15) is 21.6 Å². The summed E-state index contributed by atoms with van der Waals surface area (Å²) in [5, 5.41) is -0.500. The van der Waals surface area contributed by atoms with Crippen LogP contribution in [-0.4, -0.2) is 37.2 Å². The molecule has 0 saturated heterocycles. The molecule has 0 atom stereocenters. The number of sulfonamides is 1. The average molecular weight is 579 g/mol. The number of carbonyl (C=O) groups excluding carboxylic acids is 1. The third kappa shape index (κ3) is 7.59. The second-order valence-corrected chi connectivity index (χ2v) is 11.1. The molecule has 0 aliphatic carbocycles. The van der Waals surface area contributed by atoms with Gasteiger partial charge in [0, 0.05) is 30.5 Å². The van der Waals surface area contributed by atoms with Gasteiger partial charge in [0.05, 0.1) is 11.3 Å². The summed E-state index contributed by atoms with van der Waals surface area (Å²) in [5.74, 6) is -0.628. The fourth-order valence-electron chi connectivity index (χ4n) is 4.31. The van der Waals surface area contributed by atoms with Crippen molar-refractivity contribution in [3.05, 3.63) is 65.7 Å². The first-order chi connectivity index (χ1) is 20.5. The summed E-state index contributed by atoms with van der Waals surface area (Å²) in [6, 6.07) is 11.6. The summed E-state index contributed by atoms with van der Waals surface area (Å²) in [7, 11) is -4.50. The van der Waals surface area contributed by atoms with Crippen LogP contribution in [0.25, 0.3) is 11.3 Å². The number of hydrogen-bond donors (Lipinski definition) is 1. The van der Waals surface area contributed by atoms with Crippen LogP contribution in [0, 0.1) is 0 Å². The van der Waals surface area contributed by atoms with Crippen molar-refractivity contribution in [3.8, 4) is 11.3 Å². The fourth-order valence-corrected chi connectivity index (χ4v) is 5.28. The van der Waals surface area contributed by atoms with Crippen molar-refractivity contribution in [1.82, 2.24) is 9.97 Å². The van der Waals surface area contributed by atoms with E-state index in [0.29, 0.717) is 19.3 Å². The van der Waals surface area contributed by atoms with Crippen molar-refractivity contribution in [1.29, 1.82) is 0 Å². The molecule has 7 nitrogen and oxygen atoms in total. The molecule has 0 fully saturated rings. The number of hydrogen-bond acceptors (Lipinski definition) is 6. The lowest BCUT2D eigenvalue weighted by Crippen LogP contribution is -2.28. The summed E-state index contributed by atoms with van der Waals surface area (Å²) in [5.41, 5.74) is -1.33. The maximum atomic E-state index is 14.1. The van der Waals surface area contributed by atoms with Crippen LogP contribution in [0.2, 0.25) is 0 Å². The van der Waals surface area contributed by atoms with Gasteiger partial charge in [-0.1, -0.05) is 49.6 Å². The molecule has 1 aliphatic heterocycles. The number of nitrogens with zero attached hydrogens (tertiary/aromatic N) is 3. The molecule has 2 aromatic heterocycles. The van der Waals surface area contributed by atoms with Gasteiger partial charge in [0.1, 0.15) is 17.4 Å². The number of anilines is 2. The highest BCUT2D eigenvalue weighted by atomic mass is 32.2. The first kappa shape index (κ1) is 24.3. The summed E-state index contributed by atoms with van der Waals surface area (Å²) in [6.45, 7) is -0.610. The summed E-state index contributed by atoms with van der Waals surface area (Å²) in [4.78, 5) is 21.2. The molecule has 3 heterocycles. The minimum atomic E-state index is -4.83. The van der Waals surface area contributed by atoms with Gasteiger partial charge in [0.25, 0.3) is 10.0 Å². The Kier molecular flexibility index (Phi) is 7.79. The van der Waals surface area contributed by atoms with Gasteiger partial charge in [-0.15, -0.1) is 0 Å². The smallest absolute Gasteiger partial charge is 0.357 e. The van der Waals surface area contributed by atoms with E-state index in [0.717, 1.165) is 12.1 Å². The van der Waals surface area contributed by atoms with Crippen molar-refractivity contribution < 1.29 is 31.9 Å². The van der Waals surface area contributed by atoms with E-state index >= 15 is 0 Å². The van der Waals surface area contributed by atoms with E-state index in [1.807, 2.05) is 0 Å². The molecule has 0 amide bonds. The molecule has 4 bridgehead atoms. The van der Waals surface area contributed by atoms with E-state index < -0.39 is 51.2 Å². The molecule has 0 unspecified atom stereocenters. The highest BCUT2D eigenvalue weighted by molar-refractivity contribution is 7.92. The molecule has 0 spiro atoms. The van der Waals surface area contributed by atoms with Gasteiger partial charge in [-0.3, -0.25) is 4.72 Å². The number of nitrogens with one attached hydrogen (secondary N) is 1. The Morgan fingerprint density at radius 2 is 1.82 bits per heavy atom. The van der Waals surface area contributed by atoms with Gasteiger partial charge < -0.3 is 9.69 Å². The Bertz CT molecular complexity index is 1620. The maximum absolute atomic E-state index is 14.1. The zero-order valence-corrected chi connectivity index (χ0v) is 22.8. The van der Waals surface area contributed by atoms with Crippen molar-refractivity contribution in [2.75, 3.05) is 22.7 Å². The lowest BCUT2D eigenvalue weighted by Gasteiger charge is -2.24. The number of fused-ring (bicyclic) bond motifs is 6. The average Bonchev–Trinajstić information content (AvgIpc) is 2.92. The predicted molar refractivity (Wildman–Crippen MR) is 149 cm³/mol. The Labute approximate surface area is 238 Å². The first-order valence-corrected chi connectivity index (χ1v) is 14.4. The number of alkyl halides is 3. The minimum absolute atomic E-state index is 0.00660. The second kappa shape index (κ2) is 12.8. The number of rotatable bonds is 4. The van der Waals surface area contributed by atoms with Gasteiger partial charge in [-0.05, 0) is 62.4 Å². The number of benzene rings is 1. The Morgan fingerprint density at radius 1 is 1.05 bits per heavy atom. The molecule has 214 valence electrons. The third-order valence-corrected chi connectivity index (χ3v) is 7.56. The van der Waals surface area contributed by atoms with E-state index in [2.05, 4.69) is 14.7 Å². The van der Waals surface area contributed by atoms with Crippen LogP contribution in [0.4, 0.5) is 24.8 Å². The van der Waals surface area contributed by atoms with Crippen LogP contribution < -0.4 is 9.62 Å². The van der Waals surface area contributed by atoms with Gasteiger partial charge in [-0.25, -0.2) is 9.97 Å². The molecular weight excluding hydrogens is 541 g/mol. The quantitative estimate of drug-likeness (QED) is 0.373. The zero-order chi connectivity index (χ0) is 32.3. The van der Waals surface area contributed by atoms with Crippen LogP contribution in [0.15, 0.2) is 59.6 Å². The molecule has 40 heavy (non-hydrogen) atoms. The van der Waals surface area contributed by atoms with Crippen molar-refractivity contribution in [3.63, 3.8) is 0 Å². The van der Waals surface area contributed by atoms with Gasteiger partial charge >= 0.3 is 6.18 Å². The number of pyridine rings is 2. The van der Waals surface area contributed by atoms with Crippen LogP contribution in [0.5, 0.6) is 0 Å². The van der Waals surface area contributed by atoms with E-state index in [1.165, 1.54) is 48.2 Å². The molecule has 3 aromatic rings. The molecule has 1 N–H and O–H groups in total. The number of aromatic nitrogens is 2. The zero-order valence-electron chi connectivity index (χ0n) is 26.0. The maximum Gasteiger partial charge on any atom is 0.418 e. The minimum Gasteiger partial charge on any atom is -0.357 e. The Morgan fingerprint density at radius 3 is 2.60 bits per heavy atom. The monoisotopic (exact) mass is 578 g/mol. The summed E-state index contributed by atoms with van der Waals surface area (Å²) >= 11 is 0. The molecule has 11 heteroatoms. The van der Waals surface area contributed by atoms with Gasteiger partial charge in [0.2, 0.25) is 0 Å². The SMILES string of the molecule is [2H]C1([2H])CCCCCN(C([2H])([2H])CCC(C)=O)c2cccc(n2)S(=O)(=O)Nc2ccc(C(F)(F)F)c(n2)-c2ccccc2C1. The molecule has 0 radical (unpaired) electrons. The van der Waals surface area contributed by atoms with Crippen LogP contribution in [0.3, 0.4) is 0 Å². The molecular formula is C29H33F3N4O3S. The standard InChI is InChI=1S/C29H33F3N4O3S/c1-21(37)11-10-20-36-19-8-4-2-3-5-12-22-13-6-7-14-23(22)28-24(29(30,31)32)17-18-25(33-28)35-40(38,39)27-16-9-15-26(36)34-27/h6-7,9,13-18H,2-5,8,10-12,19-20H2,1H3,(H,33,35)/i5D2,20D2. The first-order valence-electron chi connectivity index (χ1n) is 14.9. The third-order valence-electron chi connectivity index (χ3n) is 6.30. The van der Waals surface area contributed by atoms with Gasteiger partial charge in [0.15, 0.2) is 5.03 Å². The van der Waals surface area contributed by atoms with E-state index in [9.17, 15) is 26.4 Å². The molecule has 1 aromatic carbocycles. The second-order valence-electron chi connectivity index (χ2n) is 9.44. The molecule has 0 saturated carbocycles. The number of carbonyl (C=O) groups is 1.